The summed E-state index contributed by atoms with van der Waals surface area (Å²) in [5.41, 5.74) is 1.27. The average Bonchev–Trinajstić information content (AvgIpc) is 2.72. The Balaban J connectivity index is 0.00000225. The van der Waals surface area contributed by atoms with Gasteiger partial charge in [-0.1, -0.05) is 24.3 Å². The molecule has 0 unspecified atom stereocenters. The summed E-state index contributed by atoms with van der Waals surface area (Å²) in [6, 6.07) is 11.8. The van der Waals surface area contributed by atoms with Gasteiger partial charge in [0.1, 0.15) is 5.82 Å². The van der Waals surface area contributed by atoms with E-state index in [-0.39, 0.29) is 29.4 Å². The standard InChI is InChI=1S/C20H19FN4O2.ClH/c21-17-6-5-13(11-16(17)20(27)25-9-7-22-8-10-25)12-18-14-3-1-2-4-15(14)19(26)24-23-18;/h1-6,11,22H,7-10,12H2,(H,24,26);1H. The lowest BCUT2D eigenvalue weighted by Crippen LogP contribution is -2.46. The van der Waals surface area contributed by atoms with Gasteiger partial charge >= 0.3 is 0 Å². The Kier molecular flexibility index (Phi) is 6.06. The fourth-order valence-electron chi connectivity index (χ4n) is 3.38. The molecule has 1 aromatic heterocycles. The molecule has 0 spiro atoms. The maximum atomic E-state index is 14.3. The zero-order chi connectivity index (χ0) is 18.8. The van der Waals surface area contributed by atoms with Crippen molar-refractivity contribution < 1.29 is 9.18 Å². The van der Waals surface area contributed by atoms with Gasteiger partial charge in [-0.3, -0.25) is 9.59 Å². The Morgan fingerprint density at radius 2 is 1.82 bits per heavy atom. The average molecular weight is 403 g/mol. The first-order valence-corrected chi connectivity index (χ1v) is 8.88. The van der Waals surface area contributed by atoms with Crippen molar-refractivity contribution in [3.05, 3.63) is 75.5 Å². The van der Waals surface area contributed by atoms with Gasteiger partial charge in [0.25, 0.3) is 11.5 Å². The molecule has 0 saturated carbocycles. The lowest BCUT2D eigenvalue weighted by atomic mass is 10.0. The van der Waals surface area contributed by atoms with Crippen molar-refractivity contribution in [2.45, 2.75) is 6.42 Å². The third-order valence-electron chi connectivity index (χ3n) is 4.81. The van der Waals surface area contributed by atoms with E-state index < -0.39 is 5.82 Å². The molecule has 4 rings (SSSR count). The molecule has 1 saturated heterocycles. The van der Waals surface area contributed by atoms with Crippen LogP contribution in [0.15, 0.2) is 47.3 Å². The molecule has 8 heteroatoms. The molecule has 1 aliphatic heterocycles. The van der Waals surface area contributed by atoms with Crippen molar-refractivity contribution in [2.75, 3.05) is 26.2 Å². The van der Waals surface area contributed by atoms with Crippen molar-refractivity contribution in [1.82, 2.24) is 20.4 Å². The number of nitrogens with zero attached hydrogens (tertiary/aromatic N) is 2. The second-order valence-corrected chi connectivity index (χ2v) is 6.58. The number of nitrogens with one attached hydrogen (secondary N) is 2. The summed E-state index contributed by atoms with van der Waals surface area (Å²) in [7, 11) is 0. The number of carbonyl (C=O) groups excluding carboxylic acids is 1. The number of rotatable bonds is 3. The number of halogens is 2. The fraction of sp³-hybridized carbons (Fsp3) is 0.250. The number of benzene rings is 2. The molecule has 1 fully saturated rings. The number of aromatic amines is 1. The number of amides is 1. The number of fused-ring (bicyclic) bond motifs is 1. The van der Waals surface area contributed by atoms with Crippen molar-refractivity contribution in [3.8, 4) is 0 Å². The summed E-state index contributed by atoms with van der Waals surface area (Å²) in [4.78, 5) is 26.3. The molecular weight excluding hydrogens is 383 g/mol. The minimum atomic E-state index is -0.526. The Labute approximate surface area is 167 Å². The minimum absolute atomic E-state index is 0. The highest BCUT2D eigenvalue weighted by molar-refractivity contribution is 5.95. The van der Waals surface area contributed by atoms with Gasteiger partial charge < -0.3 is 10.2 Å². The van der Waals surface area contributed by atoms with Gasteiger partial charge in [-0.2, -0.15) is 5.10 Å². The predicted molar refractivity (Wildman–Crippen MR) is 108 cm³/mol. The van der Waals surface area contributed by atoms with Crippen LogP contribution in [-0.2, 0) is 6.42 Å². The number of hydrogen-bond acceptors (Lipinski definition) is 4. The highest BCUT2D eigenvalue weighted by Crippen LogP contribution is 2.19. The molecule has 2 heterocycles. The quantitative estimate of drug-likeness (QED) is 0.703. The minimum Gasteiger partial charge on any atom is -0.336 e. The van der Waals surface area contributed by atoms with E-state index in [1.165, 1.54) is 6.07 Å². The van der Waals surface area contributed by atoms with Crippen LogP contribution in [0.5, 0.6) is 0 Å². The van der Waals surface area contributed by atoms with Crippen LogP contribution in [0.2, 0.25) is 0 Å². The monoisotopic (exact) mass is 402 g/mol. The fourth-order valence-corrected chi connectivity index (χ4v) is 3.38. The molecule has 3 aromatic rings. The van der Waals surface area contributed by atoms with E-state index in [9.17, 15) is 14.0 Å². The molecule has 0 aliphatic carbocycles. The zero-order valence-electron chi connectivity index (χ0n) is 15.1. The normalized spacial score (nSPS) is 14.0. The van der Waals surface area contributed by atoms with Crippen LogP contribution in [0.1, 0.15) is 21.6 Å². The lowest BCUT2D eigenvalue weighted by molar-refractivity contribution is 0.0731. The molecule has 28 heavy (non-hydrogen) atoms. The summed E-state index contributed by atoms with van der Waals surface area (Å²) in [6.45, 7) is 2.55. The van der Waals surface area contributed by atoms with E-state index in [2.05, 4.69) is 15.5 Å². The summed E-state index contributed by atoms with van der Waals surface area (Å²) < 4.78 is 14.3. The summed E-state index contributed by atoms with van der Waals surface area (Å²) in [5.74, 6) is -0.822. The van der Waals surface area contributed by atoms with Gasteiger partial charge in [0.05, 0.1) is 16.6 Å². The summed E-state index contributed by atoms with van der Waals surface area (Å²) >= 11 is 0. The zero-order valence-corrected chi connectivity index (χ0v) is 15.9. The van der Waals surface area contributed by atoms with Crippen molar-refractivity contribution >= 4 is 29.1 Å². The molecule has 2 N–H and O–H groups in total. The van der Waals surface area contributed by atoms with E-state index >= 15 is 0 Å². The van der Waals surface area contributed by atoms with Gasteiger partial charge in [0, 0.05) is 38.0 Å². The maximum absolute atomic E-state index is 14.3. The van der Waals surface area contributed by atoms with Crippen molar-refractivity contribution in [2.24, 2.45) is 0 Å². The molecule has 2 aromatic carbocycles. The van der Waals surface area contributed by atoms with Crippen LogP contribution in [0.25, 0.3) is 10.8 Å². The molecule has 0 bridgehead atoms. The highest BCUT2D eigenvalue weighted by atomic mass is 35.5. The molecule has 6 nitrogen and oxygen atoms in total. The molecule has 146 valence electrons. The Hall–Kier alpha value is -2.77. The van der Waals surface area contributed by atoms with Crippen molar-refractivity contribution in [1.29, 1.82) is 0 Å². The SMILES string of the molecule is Cl.O=C(c1cc(Cc2n[nH]c(=O)c3ccccc23)ccc1F)N1CCNCC1. The van der Waals surface area contributed by atoms with Gasteiger partial charge in [0.2, 0.25) is 0 Å². The number of H-pyrrole nitrogens is 1. The summed E-state index contributed by atoms with van der Waals surface area (Å²) in [5, 5.41) is 11.1. The van der Waals surface area contributed by atoms with Crippen LogP contribution in [0.4, 0.5) is 4.39 Å². The maximum Gasteiger partial charge on any atom is 0.272 e. The molecule has 1 amide bonds. The molecule has 0 atom stereocenters. The number of carbonyl (C=O) groups is 1. The van der Waals surface area contributed by atoms with Crippen LogP contribution in [-0.4, -0.2) is 47.2 Å². The van der Waals surface area contributed by atoms with E-state index in [1.54, 1.807) is 29.2 Å². The van der Waals surface area contributed by atoms with Gasteiger partial charge in [0.15, 0.2) is 0 Å². The Morgan fingerprint density at radius 1 is 1.11 bits per heavy atom. The predicted octanol–water partition coefficient (Wildman–Crippen LogP) is 2.12. The first-order chi connectivity index (χ1) is 13.1. The second-order valence-electron chi connectivity index (χ2n) is 6.58. The highest BCUT2D eigenvalue weighted by Gasteiger charge is 2.21. The smallest absolute Gasteiger partial charge is 0.272 e. The third kappa shape index (κ3) is 3.90. The molecule has 0 radical (unpaired) electrons. The van der Waals surface area contributed by atoms with E-state index in [0.29, 0.717) is 43.7 Å². The lowest BCUT2D eigenvalue weighted by Gasteiger charge is -2.27. The Bertz CT molecular complexity index is 1060. The van der Waals surface area contributed by atoms with Crippen LogP contribution < -0.4 is 10.9 Å². The first-order valence-electron chi connectivity index (χ1n) is 8.88. The topological polar surface area (TPSA) is 78.1 Å². The van der Waals surface area contributed by atoms with E-state index in [1.807, 2.05) is 12.1 Å². The van der Waals surface area contributed by atoms with Gasteiger partial charge in [-0.05, 0) is 23.8 Å². The van der Waals surface area contributed by atoms with Gasteiger partial charge in [-0.25, -0.2) is 9.49 Å². The number of hydrogen-bond donors (Lipinski definition) is 2. The first kappa shape index (κ1) is 20.0. The Morgan fingerprint density at radius 3 is 2.57 bits per heavy atom. The van der Waals surface area contributed by atoms with Crippen molar-refractivity contribution in [3.63, 3.8) is 0 Å². The third-order valence-corrected chi connectivity index (χ3v) is 4.81. The van der Waals surface area contributed by atoms with E-state index in [4.69, 9.17) is 0 Å². The second kappa shape index (κ2) is 8.50. The van der Waals surface area contributed by atoms with Crippen LogP contribution in [0, 0.1) is 5.82 Å². The summed E-state index contributed by atoms with van der Waals surface area (Å²) in [6.07, 6.45) is 0.388. The van der Waals surface area contributed by atoms with E-state index in [0.717, 1.165) is 10.9 Å². The van der Waals surface area contributed by atoms with Crippen LogP contribution in [0.3, 0.4) is 0 Å². The van der Waals surface area contributed by atoms with Crippen LogP contribution >= 0.6 is 12.4 Å². The van der Waals surface area contributed by atoms with Gasteiger partial charge in [-0.15, -0.1) is 12.4 Å². The molecular formula is C20H20ClFN4O2. The molecule has 1 aliphatic rings. The number of aromatic nitrogens is 2. The largest absolute Gasteiger partial charge is 0.336 e. The number of piperazine rings is 1.